The predicted molar refractivity (Wildman–Crippen MR) is 49.4 cm³/mol. The Hall–Kier alpha value is -0.480. The zero-order valence-corrected chi connectivity index (χ0v) is 8.37. The van der Waals surface area contributed by atoms with Gasteiger partial charge in [-0.05, 0) is 25.1 Å². The number of hydrogen-bond acceptors (Lipinski definition) is 1. The van der Waals surface area contributed by atoms with E-state index in [1.54, 1.807) is 0 Å². The molecule has 1 aliphatic rings. The van der Waals surface area contributed by atoms with Gasteiger partial charge in [-0.25, -0.2) is 8.78 Å². The van der Waals surface area contributed by atoms with Gasteiger partial charge in [-0.2, -0.15) is 0 Å². The highest BCUT2D eigenvalue weighted by Gasteiger charge is 2.25. The van der Waals surface area contributed by atoms with Crippen molar-refractivity contribution < 1.29 is 8.78 Å². The van der Waals surface area contributed by atoms with Crippen molar-refractivity contribution in [3.63, 3.8) is 0 Å². The summed E-state index contributed by atoms with van der Waals surface area (Å²) in [7, 11) is 0. The molecule has 0 amide bonds. The summed E-state index contributed by atoms with van der Waals surface area (Å²) in [6.07, 6.45) is 0.801. The number of hydrogen-bond donors (Lipinski definition) is 1. The molecule has 0 saturated carbocycles. The van der Waals surface area contributed by atoms with E-state index in [4.69, 9.17) is 0 Å². The Bertz CT molecular complexity index is 313. The molecule has 1 fully saturated rings. The number of nitrogens with one attached hydrogen (secondary N) is 1. The van der Waals surface area contributed by atoms with Crippen LogP contribution in [0.2, 0.25) is 0 Å². The molecule has 1 saturated heterocycles. The van der Waals surface area contributed by atoms with Crippen LogP contribution in [0.5, 0.6) is 0 Å². The van der Waals surface area contributed by atoms with E-state index in [1.807, 2.05) is 0 Å². The van der Waals surface area contributed by atoms with Crippen LogP contribution in [-0.2, 0) is 0 Å². The molecule has 1 N–H and O–H groups in total. The van der Waals surface area contributed by atoms with Gasteiger partial charge in [0.2, 0.25) is 0 Å². The van der Waals surface area contributed by atoms with Crippen LogP contribution >= 0.6 is 15.9 Å². The van der Waals surface area contributed by atoms with Crippen LogP contribution in [0.1, 0.15) is 18.0 Å². The lowest BCUT2D eigenvalue weighted by Crippen LogP contribution is -2.36. The van der Waals surface area contributed by atoms with Crippen molar-refractivity contribution in [2.45, 2.75) is 12.5 Å². The smallest absolute Gasteiger partial charge is 0.132 e. The molecular weight excluding hydrogens is 240 g/mol. The van der Waals surface area contributed by atoms with Crippen LogP contribution in [-0.4, -0.2) is 6.54 Å². The lowest BCUT2D eigenvalue weighted by atomic mass is 9.97. The van der Waals surface area contributed by atoms with Gasteiger partial charge < -0.3 is 5.32 Å². The van der Waals surface area contributed by atoms with E-state index in [0.29, 0.717) is 4.47 Å². The summed E-state index contributed by atoms with van der Waals surface area (Å²) < 4.78 is 27.0. The Morgan fingerprint density at radius 1 is 1.31 bits per heavy atom. The van der Waals surface area contributed by atoms with Gasteiger partial charge in [0.25, 0.3) is 0 Å². The molecule has 4 heteroatoms. The quantitative estimate of drug-likeness (QED) is 0.805. The summed E-state index contributed by atoms with van der Waals surface area (Å²) in [6.45, 7) is 0.833. The van der Waals surface area contributed by atoms with E-state index in [0.717, 1.165) is 13.0 Å². The van der Waals surface area contributed by atoms with Gasteiger partial charge in [0.15, 0.2) is 0 Å². The molecule has 1 nitrogen and oxygen atoms in total. The van der Waals surface area contributed by atoms with Gasteiger partial charge >= 0.3 is 0 Å². The van der Waals surface area contributed by atoms with Crippen molar-refractivity contribution in [2.75, 3.05) is 6.54 Å². The van der Waals surface area contributed by atoms with Crippen molar-refractivity contribution in [1.82, 2.24) is 5.32 Å². The van der Waals surface area contributed by atoms with E-state index in [9.17, 15) is 8.78 Å². The summed E-state index contributed by atoms with van der Waals surface area (Å²) in [5, 5.41) is 2.97. The normalized spacial score (nSPS) is 21.3. The summed E-state index contributed by atoms with van der Waals surface area (Å²) in [6, 6.07) is 2.43. The molecule has 0 bridgehead atoms. The molecule has 1 aromatic rings. The first-order valence-corrected chi connectivity index (χ1v) is 4.85. The van der Waals surface area contributed by atoms with Crippen LogP contribution in [0.15, 0.2) is 16.6 Å². The summed E-state index contributed by atoms with van der Waals surface area (Å²) >= 11 is 3.04. The van der Waals surface area contributed by atoms with E-state index >= 15 is 0 Å². The first-order chi connectivity index (χ1) is 6.18. The van der Waals surface area contributed by atoms with Crippen molar-refractivity contribution in [1.29, 1.82) is 0 Å². The predicted octanol–water partition coefficient (Wildman–Crippen LogP) is 2.76. The fourth-order valence-electron chi connectivity index (χ4n) is 1.42. The van der Waals surface area contributed by atoms with E-state index in [2.05, 4.69) is 21.2 Å². The Morgan fingerprint density at radius 3 is 2.23 bits per heavy atom. The Kier molecular flexibility index (Phi) is 2.34. The van der Waals surface area contributed by atoms with Gasteiger partial charge in [-0.1, -0.05) is 15.9 Å². The highest BCUT2D eigenvalue weighted by Crippen LogP contribution is 2.29. The van der Waals surface area contributed by atoms with Crippen LogP contribution in [0.3, 0.4) is 0 Å². The molecule has 0 radical (unpaired) electrons. The number of halogens is 3. The molecule has 1 aromatic carbocycles. The minimum atomic E-state index is -0.482. The van der Waals surface area contributed by atoms with Crippen LogP contribution in [0.25, 0.3) is 0 Å². The third-order valence-corrected chi connectivity index (χ3v) is 2.67. The molecule has 1 atom stereocenters. The Balaban J connectivity index is 2.43. The van der Waals surface area contributed by atoms with Crippen molar-refractivity contribution in [3.05, 3.63) is 33.8 Å². The zero-order valence-electron chi connectivity index (χ0n) is 6.78. The Morgan fingerprint density at radius 2 is 1.85 bits per heavy atom. The molecule has 1 aliphatic heterocycles. The van der Waals surface area contributed by atoms with Gasteiger partial charge in [0, 0.05) is 16.1 Å². The molecule has 0 aromatic heterocycles. The average molecular weight is 248 g/mol. The fraction of sp³-hybridized carbons (Fsp3) is 0.333. The highest BCUT2D eigenvalue weighted by atomic mass is 79.9. The molecular formula is C9H8BrF2N. The second kappa shape index (κ2) is 3.35. The Labute approximate surface area is 83.3 Å². The summed E-state index contributed by atoms with van der Waals surface area (Å²) in [4.78, 5) is 0. The molecule has 1 unspecified atom stereocenters. The van der Waals surface area contributed by atoms with Crippen molar-refractivity contribution in [3.8, 4) is 0 Å². The summed E-state index contributed by atoms with van der Waals surface area (Å²) in [5.74, 6) is -0.965. The van der Waals surface area contributed by atoms with Crippen LogP contribution in [0, 0.1) is 11.6 Å². The monoisotopic (exact) mass is 247 g/mol. The minimum Gasteiger partial charge on any atom is -0.310 e. The average Bonchev–Trinajstić information content (AvgIpc) is 1.92. The van der Waals surface area contributed by atoms with E-state index in [-0.39, 0.29) is 11.6 Å². The molecule has 70 valence electrons. The lowest BCUT2D eigenvalue weighted by molar-refractivity contribution is 0.355. The highest BCUT2D eigenvalue weighted by molar-refractivity contribution is 9.10. The maximum atomic E-state index is 13.3. The molecule has 2 rings (SSSR count). The van der Waals surface area contributed by atoms with Gasteiger partial charge in [-0.3, -0.25) is 0 Å². The van der Waals surface area contributed by atoms with Gasteiger partial charge in [0.1, 0.15) is 11.6 Å². The largest absolute Gasteiger partial charge is 0.310 e. The summed E-state index contributed by atoms with van der Waals surface area (Å²) in [5.41, 5.74) is 0.162. The van der Waals surface area contributed by atoms with Crippen molar-refractivity contribution in [2.24, 2.45) is 0 Å². The van der Waals surface area contributed by atoms with Gasteiger partial charge in [0.05, 0.1) is 0 Å². The molecule has 1 heterocycles. The maximum Gasteiger partial charge on any atom is 0.132 e. The third-order valence-electron chi connectivity index (χ3n) is 2.22. The number of rotatable bonds is 1. The lowest BCUT2D eigenvalue weighted by Gasteiger charge is -2.28. The first kappa shape index (κ1) is 9.09. The van der Waals surface area contributed by atoms with Crippen LogP contribution in [0.4, 0.5) is 8.78 Å². The van der Waals surface area contributed by atoms with Crippen LogP contribution < -0.4 is 5.32 Å². The maximum absolute atomic E-state index is 13.3. The molecule has 0 aliphatic carbocycles. The minimum absolute atomic E-state index is 0.145. The fourth-order valence-corrected chi connectivity index (χ4v) is 1.82. The zero-order chi connectivity index (χ0) is 9.42. The third kappa shape index (κ3) is 1.60. The van der Waals surface area contributed by atoms with Gasteiger partial charge in [-0.15, -0.1) is 0 Å². The van der Waals surface area contributed by atoms with E-state index in [1.165, 1.54) is 12.1 Å². The SMILES string of the molecule is Fc1cc(Br)cc(F)c1C1CCN1. The second-order valence-electron chi connectivity index (χ2n) is 3.08. The standard InChI is InChI=1S/C9H8BrF2N/c10-5-3-6(11)9(7(12)4-5)8-1-2-13-8/h3-4,8,13H,1-2H2. The first-order valence-electron chi connectivity index (χ1n) is 4.06. The second-order valence-corrected chi connectivity index (χ2v) is 3.99. The van der Waals surface area contributed by atoms with E-state index < -0.39 is 11.6 Å². The molecule has 13 heavy (non-hydrogen) atoms. The van der Waals surface area contributed by atoms with Crippen molar-refractivity contribution >= 4 is 15.9 Å². The molecule has 0 spiro atoms. The topological polar surface area (TPSA) is 12.0 Å². The number of benzene rings is 1.